The summed E-state index contributed by atoms with van der Waals surface area (Å²) in [6.07, 6.45) is 0.459. The molecule has 2 N–H and O–H groups in total. The van der Waals surface area contributed by atoms with E-state index in [-0.39, 0.29) is 30.2 Å². The highest BCUT2D eigenvalue weighted by atomic mass is 35.5. The van der Waals surface area contributed by atoms with Gasteiger partial charge in [-0.3, -0.25) is 14.4 Å². The van der Waals surface area contributed by atoms with Crippen molar-refractivity contribution in [3.05, 3.63) is 64.2 Å². The minimum Gasteiger partial charge on any atom is -0.340 e. The number of hydrogen-bond donors (Lipinski definition) is 2. The molecule has 0 bridgehead atoms. The van der Waals surface area contributed by atoms with E-state index in [1.165, 1.54) is 4.90 Å². The van der Waals surface area contributed by atoms with E-state index in [1.54, 1.807) is 31.3 Å². The maximum absolute atomic E-state index is 13.0. The van der Waals surface area contributed by atoms with Crippen LogP contribution in [-0.4, -0.2) is 42.3 Å². The normalized spacial score (nSPS) is 11.7. The first-order chi connectivity index (χ1) is 14.6. The number of halogens is 1. The van der Waals surface area contributed by atoms with Gasteiger partial charge in [-0.1, -0.05) is 43.6 Å². The fourth-order valence-corrected chi connectivity index (χ4v) is 3.41. The fourth-order valence-electron chi connectivity index (χ4n) is 3.29. The van der Waals surface area contributed by atoms with E-state index < -0.39 is 6.04 Å². The Bertz CT molecular complexity index is 921. The number of nitrogens with zero attached hydrogens (tertiary/aromatic N) is 1. The Hall–Kier alpha value is -2.86. The highest BCUT2D eigenvalue weighted by molar-refractivity contribution is 6.30. The molecular formula is C24H30ClN3O3. The quantitative estimate of drug-likeness (QED) is 0.641. The summed E-state index contributed by atoms with van der Waals surface area (Å²) in [6.45, 7) is 7.67. The molecule has 1 atom stereocenters. The smallest absolute Gasteiger partial charge is 0.251 e. The molecule has 0 fully saturated rings. The number of carbonyl (C=O) groups excluding carboxylic acids is 3. The van der Waals surface area contributed by atoms with E-state index in [0.717, 1.165) is 16.8 Å². The monoisotopic (exact) mass is 443 g/mol. The van der Waals surface area contributed by atoms with Crippen molar-refractivity contribution in [2.75, 3.05) is 18.9 Å². The van der Waals surface area contributed by atoms with Crippen LogP contribution in [0.15, 0.2) is 42.5 Å². The number of likely N-dealkylation sites (N-methyl/N-ethyl adjacent to an activating group) is 1. The Kier molecular flexibility index (Phi) is 8.63. The van der Waals surface area contributed by atoms with Crippen LogP contribution < -0.4 is 10.6 Å². The standard InChI is InChI=1S/C24H30ClN3O3/c1-15(2)13-20(26-23(30)18-9-11-19(25)12-10-18)24(31)28(5)14-21(29)27-22-16(3)7-6-8-17(22)4/h6-12,15,20H,13-14H2,1-5H3,(H,26,30)(H,27,29). The number of rotatable bonds is 8. The van der Waals surface area contributed by atoms with Gasteiger partial charge in [-0.15, -0.1) is 0 Å². The van der Waals surface area contributed by atoms with Gasteiger partial charge in [0, 0.05) is 23.3 Å². The van der Waals surface area contributed by atoms with Crippen molar-refractivity contribution in [2.24, 2.45) is 5.92 Å². The molecule has 2 rings (SSSR count). The number of nitrogens with one attached hydrogen (secondary N) is 2. The average Bonchev–Trinajstić information content (AvgIpc) is 2.69. The lowest BCUT2D eigenvalue weighted by Crippen LogP contribution is -2.49. The average molecular weight is 444 g/mol. The van der Waals surface area contributed by atoms with Gasteiger partial charge in [-0.05, 0) is 61.6 Å². The van der Waals surface area contributed by atoms with Gasteiger partial charge in [0.15, 0.2) is 0 Å². The summed E-state index contributed by atoms with van der Waals surface area (Å²) in [5.74, 6) is -0.784. The van der Waals surface area contributed by atoms with Crippen LogP contribution in [0.5, 0.6) is 0 Å². The van der Waals surface area contributed by atoms with Crippen LogP contribution in [-0.2, 0) is 9.59 Å². The molecule has 1 unspecified atom stereocenters. The van der Waals surface area contributed by atoms with E-state index in [1.807, 2.05) is 45.9 Å². The largest absolute Gasteiger partial charge is 0.340 e. The molecule has 2 aromatic carbocycles. The maximum atomic E-state index is 13.0. The van der Waals surface area contributed by atoms with Crippen LogP contribution in [0.1, 0.15) is 41.8 Å². The number of para-hydroxylation sites is 1. The van der Waals surface area contributed by atoms with Crippen LogP contribution in [0.3, 0.4) is 0 Å². The number of hydrogen-bond acceptors (Lipinski definition) is 3. The Balaban J connectivity index is 2.06. The van der Waals surface area contributed by atoms with Gasteiger partial charge in [0.05, 0.1) is 6.54 Å². The third-order valence-electron chi connectivity index (χ3n) is 4.92. The van der Waals surface area contributed by atoms with Crippen molar-refractivity contribution in [3.63, 3.8) is 0 Å². The minimum atomic E-state index is -0.735. The van der Waals surface area contributed by atoms with Crippen LogP contribution in [0.2, 0.25) is 5.02 Å². The number of anilines is 1. The lowest BCUT2D eigenvalue weighted by atomic mass is 10.0. The molecule has 0 aromatic heterocycles. The first-order valence-electron chi connectivity index (χ1n) is 10.3. The van der Waals surface area contributed by atoms with Crippen LogP contribution >= 0.6 is 11.6 Å². The van der Waals surface area contributed by atoms with Gasteiger partial charge in [0.25, 0.3) is 5.91 Å². The molecule has 0 aliphatic carbocycles. The second-order valence-corrected chi connectivity index (χ2v) is 8.61. The number of amides is 3. The van der Waals surface area contributed by atoms with E-state index in [2.05, 4.69) is 10.6 Å². The topological polar surface area (TPSA) is 78.5 Å². The first-order valence-corrected chi connectivity index (χ1v) is 10.6. The highest BCUT2D eigenvalue weighted by Gasteiger charge is 2.26. The zero-order valence-corrected chi connectivity index (χ0v) is 19.4. The molecular weight excluding hydrogens is 414 g/mol. The van der Waals surface area contributed by atoms with Crippen molar-refractivity contribution in [1.82, 2.24) is 10.2 Å². The molecule has 0 aliphatic heterocycles. The first kappa shape index (κ1) is 24.4. The van der Waals surface area contributed by atoms with Gasteiger partial charge < -0.3 is 15.5 Å². The molecule has 166 valence electrons. The predicted octanol–water partition coefficient (Wildman–Crippen LogP) is 4.20. The summed E-state index contributed by atoms with van der Waals surface area (Å²) < 4.78 is 0. The summed E-state index contributed by atoms with van der Waals surface area (Å²) in [5, 5.41) is 6.21. The van der Waals surface area contributed by atoms with E-state index in [0.29, 0.717) is 17.0 Å². The summed E-state index contributed by atoms with van der Waals surface area (Å²) >= 11 is 5.88. The lowest BCUT2D eigenvalue weighted by Gasteiger charge is -2.25. The van der Waals surface area contributed by atoms with Crippen molar-refractivity contribution < 1.29 is 14.4 Å². The summed E-state index contributed by atoms with van der Waals surface area (Å²) in [4.78, 5) is 39.5. The van der Waals surface area contributed by atoms with Crippen LogP contribution in [0, 0.1) is 19.8 Å². The zero-order valence-electron chi connectivity index (χ0n) is 18.7. The summed E-state index contributed by atoms with van der Waals surface area (Å²) in [6, 6.07) is 11.5. The third kappa shape index (κ3) is 7.10. The Morgan fingerprint density at radius 3 is 2.13 bits per heavy atom. The van der Waals surface area contributed by atoms with Crippen molar-refractivity contribution in [3.8, 4) is 0 Å². The SMILES string of the molecule is Cc1cccc(C)c1NC(=O)CN(C)C(=O)C(CC(C)C)NC(=O)c1ccc(Cl)cc1. The fraction of sp³-hybridized carbons (Fsp3) is 0.375. The van der Waals surface area contributed by atoms with Gasteiger partial charge in [0.2, 0.25) is 11.8 Å². The second-order valence-electron chi connectivity index (χ2n) is 8.17. The lowest BCUT2D eigenvalue weighted by molar-refractivity contribution is -0.135. The number of carbonyl (C=O) groups is 3. The molecule has 0 aliphatic rings. The molecule has 31 heavy (non-hydrogen) atoms. The molecule has 0 spiro atoms. The molecule has 0 saturated heterocycles. The van der Waals surface area contributed by atoms with Gasteiger partial charge in [0.1, 0.15) is 6.04 Å². The van der Waals surface area contributed by atoms with Crippen molar-refractivity contribution in [2.45, 2.75) is 40.2 Å². The zero-order chi connectivity index (χ0) is 23.1. The Labute approximate surface area is 189 Å². The molecule has 7 heteroatoms. The van der Waals surface area contributed by atoms with Gasteiger partial charge in [-0.25, -0.2) is 0 Å². The second kappa shape index (κ2) is 11.0. The molecule has 2 aromatic rings. The molecule has 0 radical (unpaired) electrons. The molecule has 0 heterocycles. The van der Waals surface area contributed by atoms with E-state index in [4.69, 9.17) is 11.6 Å². The van der Waals surface area contributed by atoms with E-state index >= 15 is 0 Å². The Morgan fingerprint density at radius 1 is 1.00 bits per heavy atom. The minimum absolute atomic E-state index is 0.113. The predicted molar refractivity (Wildman–Crippen MR) is 124 cm³/mol. The van der Waals surface area contributed by atoms with Crippen molar-refractivity contribution in [1.29, 1.82) is 0 Å². The molecule has 0 saturated carbocycles. The van der Waals surface area contributed by atoms with E-state index in [9.17, 15) is 14.4 Å². The number of benzene rings is 2. The molecule has 3 amide bonds. The van der Waals surface area contributed by atoms with Crippen LogP contribution in [0.25, 0.3) is 0 Å². The van der Waals surface area contributed by atoms with Gasteiger partial charge >= 0.3 is 0 Å². The maximum Gasteiger partial charge on any atom is 0.251 e. The molecule has 6 nitrogen and oxygen atoms in total. The van der Waals surface area contributed by atoms with Gasteiger partial charge in [-0.2, -0.15) is 0 Å². The van der Waals surface area contributed by atoms with Crippen LogP contribution in [0.4, 0.5) is 5.69 Å². The Morgan fingerprint density at radius 2 is 1.58 bits per heavy atom. The highest BCUT2D eigenvalue weighted by Crippen LogP contribution is 2.19. The number of aryl methyl sites for hydroxylation is 2. The summed E-state index contributed by atoms with van der Waals surface area (Å²) in [7, 11) is 1.56. The third-order valence-corrected chi connectivity index (χ3v) is 5.17. The summed E-state index contributed by atoms with van der Waals surface area (Å²) in [5.41, 5.74) is 3.08. The van der Waals surface area contributed by atoms with Crippen molar-refractivity contribution >= 4 is 35.0 Å².